The number of ketones is 1. The largest absolute Gasteiger partial charge is 0.507 e. The van der Waals surface area contributed by atoms with Crippen molar-refractivity contribution >= 4 is 23.1 Å². The number of carbonyl (C=O) groups is 2. The molecule has 1 aromatic heterocycles. The predicted molar refractivity (Wildman–Crippen MR) is 145 cm³/mol. The number of hydrogen-bond acceptors (Lipinski definition) is 5. The molecule has 37 heavy (non-hydrogen) atoms. The molecule has 6 heteroatoms. The van der Waals surface area contributed by atoms with E-state index in [4.69, 9.17) is 0 Å². The fourth-order valence-corrected chi connectivity index (χ4v) is 5.55. The molecule has 1 saturated heterocycles. The number of anilines is 1. The summed E-state index contributed by atoms with van der Waals surface area (Å²) in [5.74, 6) is -1.40. The molecular weight excluding hydrogens is 462 g/mol. The van der Waals surface area contributed by atoms with Crippen molar-refractivity contribution in [2.75, 3.05) is 18.0 Å². The minimum Gasteiger partial charge on any atom is -0.507 e. The number of benzene rings is 2. The molecule has 2 heterocycles. The lowest BCUT2D eigenvalue weighted by atomic mass is 9.88. The van der Waals surface area contributed by atoms with Crippen LogP contribution in [0.25, 0.3) is 5.76 Å². The topological polar surface area (TPSA) is 73.7 Å². The van der Waals surface area contributed by atoms with Gasteiger partial charge >= 0.3 is 0 Å². The van der Waals surface area contributed by atoms with Crippen molar-refractivity contribution in [1.82, 2.24) is 9.88 Å². The van der Waals surface area contributed by atoms with Crippen LogP contribution in [0.15, 0.2) is 72.4 Å². The summed E-state index contributed by atoms with van der Waals surface area (Å²) in [5.41, 5.74) is 5.76. The summed E-state index contributed by atoms with van der Waals surface area (Å²) in [5, 5.41) is 11.5. The maximum absolute atomic E-state index is 13.4. The Kier molecular flexibility index (Phi) is 7.08. The molecule has 3 aromatic rings. The predicted octanol–water partition coefficient (Wildman–Crippen LogP) is 5.43. The highest BCUT2D eigenvalue weighted by Gasteiger charge is 2.46. The van der Waals surface area contributed by atoms with E-state index in [9.17, 15) is 14.7 Å². The van der Waals surface area contributed by atoms with E-state index in [0.29, 0.717) is 11.3 Å². The normalized spacial score (nSPS) is 18.6. The maximum Gasteiger partial charge on any atom is 0.296 e. The number of amides is 1. The summed E-state index contributed by atoms with van der Waals surface area (Å²) in [6, 6.07) is 18.6. The summed E-state index contributed by atoms with van der Waals surface area (Å²) in [4.78, 5) is 34.9. The first-order valence-corrected chi connectivity index (χ1v) is 13.2. The Bertz CT molecular complexity index is 1330. The molecule has 0 radical (unpaired) electrons. The molecule has 1 fully saturated rings. The van der Waals surface area contributed by atoms with Crippen molar-refractivity contribution < 1.29 is 14.7 Å². The third-order valence-corrected chi connectivity index (χ3v) is 7.56. The molecule has 1 aliphatic carbocycles. The zero-order valence-corrected chi connectivity index (χ0v) is 21.5. The molecule has 1 amide bonds. The van der Waals surface area contributed by atoms with Gasteiger partial charge in [-0.3, -0.25) is 14.6 Å². The number of carbonyl (C=O) groups excluding carboxylic acids is 2. The van der Waals surface area contributed by atoms with E-state index < -0.39 is 17.7 Å². The van der Waals surface area contributed by atoms with Gasteiger partial charge in [0.2, 0.25) is 0 Å². The molecular formula is C31H33N3O3. The van der Waals surface area contributed by atoms with Gasteiger partial charge in [-0.15, -0.1) is 0 Å². The zero-order chi connectivity index (χ0) is 25.9. The molecule has 5 rings (SSSR count). The molecule has 2 aliphatic rings. The molecule has 0 spiro atoms. The lowest BCUT2D eigenvalue weighted by Gasteiger charge is -2.26. The zero-order valence-electron chi connectivity index (χ0n) is 21.5. The SMILES string of the molecule is CCN(CC)c1ccc(C2/C(=C(/O)c3ccc4c(c3)CCCC4)C(=O)C(=O)N2Cc2ccccn2)cc1. The molecule has 1 N–H and O–H groups in total. The minimum atomic E-state index is -0.705. The van der Waals surface area contributed by atoms with E-state index in [1.807, 2.05) is 60.7 Å². The lowest BCUT2D eigenvalue weighted by molar-refractivity contribution is -0.140. The van der Waals surface area contributed by atoms with Crippen molar-refractivity contribution in [3.8, 4) is 0 Å². The van der Waals surface area contributed by atoms with E-state index in [1.165, 1.54) is 22.4 Å². The number of rotatable bonds is 7. The van der Waals surface area contributed by atoms with Gasteiger partial charge < -0.3 is 14.9 Å². The van der Waals surface area contributed by atoms with Gasteiger partial charge in [-0.2, -0.15) is 0 Å². The van der Waals surface area contributed by atoms with Crippen LogP contribution >= 0.6 is 0 Å². The van der Waals surface area contributed by atoms with Crippen LogP contribution < -0.4 is 4.90 Å². The molecule has 0 saturated carbocycles. The van der Waals surface area contributed by atoms with Crippen LogP contribution in [0.4, 0.5) is 5.69 Å². The quantitative estimate of drug-likeness (QED) is 0.269. The van der Waals surface area contributed by atoms with Gasteiger partial charge in [0.05, 0.1) is 23.9 Å². The van der Waals surface area contributed by atoms with Crippen molar-refractivity contribution in [3.63, 3.8) is 0 Å². The summed E-state index contributed by atoms with van der Waals surface area (Å²) >= 11 is 0. The highest BCUT2D eigenvalue weighted by atomic mass is 16.3. The summed E-state index contributed by atoms with van der Waals surface area (Å²) in [6.07, 6.45) is 5.95. The van der Waals surface area contributed by atoms with E-state index in [1.54, 1.807) is 6.20 Å². The average Bonchev–Trinajstić information content (AvgIpc) is 3.19. The van der Waals surface area contributed by atoms with E-state index >= 15 is 0 Å². The molecule has 2 aromatic carbocycles. The monoisotopic (exact) mass is 495 g/mol. The number of fused-ring (bicyclic) bond motifs is 1. The second-order valence-corrected chi connectivity index (χ2v) is 9.70. The Morgan fingerprint density at radius 1 is 0.973 bits per heavy atom. The van der Waals surface area contributed by atoms with Gasteiger partial charge in [-0.1, -0.05) is 30.3 Å². The number of aliphatic hydroxyl groups is 1. The van der Waals surface area contributed by atoms with Gasteiger partial charge in [0.1, 0.15) is 5.76 Å². The first-order valence-electron chi connectivity index (χ1n) is 13.2. The molecule has 1 unspecified atom stereocenters. The van der Waals surface area contributed by atoms with Crippen LogP contribution in [0.1, 0.15) is 60.7 Å². The fraction of sp³-hybridized carbons (Fsp3) is 0.323. The van der Waals surface area contributed by atoms with Gasteiger partial charge in [0.25, 0.3) is 11.7 Å². The van der Waals surface area contributed by atoms with E-state index in [-0.39, 0.29) is 17.9 Å². The Labute approximate surface area is 218 Å². The van der Waals surface area contributed by atoms with Gasteiger partial charge in [-0.25, -0.2) is 0 Å². The number of likely N-dealkylation sites (tertiary alicyclic amines) is 1. The Balaban J connectivity index is 1.61. The van der Waals surface area contributed by atoms with Crippen molar-refractivity contribution in [2.24, 2.45) is 0 Å². The Morgan fingerprint density at radius 3 is 2.38 bits per heavy atom. The number of aliphatic hydroxyl groups excluding tert-OH is 1. The van der Waals surface area contributed by atoms with Crippen LogP contribution in [0.2, 0.25) is 0 Å². The number of aryl methyl sites for hydroxylation is 2. The number of pyridine rings is 1. The van der Waals surface area contributed by atoms with E-state index in [0.717, 1.165) is 43.6 Å². The Hall–Kier alpha value is -3.93. The summed E-state index contributed by atoms with van der Waals surface area (Å²) in [7, 11) is 0. The van der Waals surface area contributed by atoms with Gasteiger partial charge in [-0.05, 0) is 86.6 Å². The van der Waals surface area contributed by atoms with Crippen LogP contribution in [0, 0.1) is 0 Å². The highest BCUT2D eigenvalue weighted by molar-refractivity contribution is 6.46. The minimum absolute atomic E-state index is 0.118. The third-order valence-electron chi connectivity index (χ3n) is 7.56. The first kappa shape index (κ1) is 24.8. The van der Waals surface area contributed by atoms with Crippen molar-refractivity contribution in [1.29, 1.82) is 0 Å². The van der Waals surface area contributed by atoms with Crippen LogP contribution in [0.5, 0.6) is 0 Å². The van der Waals surface area contributed by atoms with Crippen LogP contribution in [-0.4, -0.2) is 39.8 Å². The van der Waals surface area contributed by atoms with Crippen LogP contribution in [-0.2, 0) is 29.0 Å². The van der Waals surface area contributed by atoms with Crippen LogP contribution in [0.3, 0.4) is 0 Å². The second-order valence-electron chi connectivity index (χ2n) is 9.70. The number of aromatic nitrogens is 1. The van der Waals surface area contributed by atoms with E-state index in [2.05, 4.69) is 23.7 Å². The van der Waals surface area contributed by atoms with Crippen molar-refractivity contribution in [2.45, 2.75) is 52.1 Å². The van der Waals surface area contributed by atoms with Gasteiger partial charge in [0, 0.05) is 30.5 Å². The smallest absolute Gasteiger partial charge is 0.296 e. The number of nitrogens with zero attached hydrogens (tertiary/aromatic N) is 3. The lowest BCUT2D eigenvalue weighted by Crippen LogP contribution is -2.29. The molecule has 1 aliphatic heterocycles. The number of Topliss-reactive ketones (excluding diaryl/α,β-unsaturated/α-hetero) is 1. The average molecular weight is 496 g/mol. The molecule has 0 bridgehead atoms. The summed E-state index contributed by atoms with van der Waals surface area (Å²) < 4.78 is 0. The maximum atomic E-state index is 13.4. The fourth-order valence-electron chi connectivity index (χ4n) is 5.55. The standard InChI is InChI=1S/C31H33N3O3/c1-3-33(4-2)26-16-14-22(15-17-26)28-27(29(35)24-13-12-21-9-5-6-10-23(21)19-24)30(36)31(37)34(28)20-25-11-7-8-18-32-25/h7-8,11-19,28,35H,3-6,9-10,20H2,1-2H3/b29-27-. The number of hydrogen-bond donors (Lipinski definition) is 1. The third kappa shape index (κ3) is 4.76. The highest BCUT2D eigenvalue weighted by Crippen LogP contribution is 2.41. The molecule has 6 nitrogen and oxygen atoms in total. The van der Waals surface area contributed by atoms with Crippen molar-refractivity contribution in [3.05, 3.63) is 100 Å². The molecule has 190 valence electrons. The first-order chi connectivity index (χ1) is 18.0. The Morgan fingerprint density at radius 2 is 1.70 bits per heavy atom. The second kappa shape index (κ2) is 10.6. The summed E-state index contributed by atoms with van der Waals surface area (Å²) in [6.45, 7) is 6.16. The van der Waals surface area contributed by atoms with Gasteiger partial charge in [0.15, 0.2) is 0 Å². The molecule has 1 atom stereocenters.